The molecule has 0 unspecified atom stereocenters. The number of tetrazole rings is 1. The van der Waals surface area contributed by atoms with Crippen LogP contribution in [0.15, 0.2) is 46.7 Å². The van der Waals surface area contributed by atoms with Crippen molar-refractivity contribution in [1.29, 1.82) is 0 Å². The Kier molecular flexibility index (Phi) is 4.91. The molecule has 0 amide bonds. The van der Waals surface area contributed by atoms with E-state index in [0.29, 0.717) is 11.5 Å². The molecule has 0 aliphatic rings. The molecule has 7 nitrogen and oxygen atoms in total. The second-order valence-corrected chi connectivity index (χ2v) is 6.17. The van der Waals surface area contributed by atoms with Crippen molar-refractivity contribution in [3.63, 3.8) is 0 Å². The molecule has 3 aromatic rings. The Balaban J connectivity index is 0.00000161. The fraction of sp³-hybridized carbons (Fsp3) is 0. The average molecular weight is 330 g/mol. The maximum absolute atomic E-state index is 11.1. The first-order valence-corrected chi connectivity index (χ1v) is 7.73. The van der Waals surface area contributed by atoms with Crippen LogP contribution >= 0.6 is 11.3 Å². The summed E-state index contributed by atoms with van der Waals surface area (Å²) in [4.78, 5) is 0.521. The third kappa shape index (κ3) is 3.39. The van der Waals surface area contributed by atoms with Crippen LogP contribution in [-0.4, -0.2) is 33.2 Å². The standard InChI is InChI=1S/C11H8N4O3S2.Na/c16-20(17,18)9-4-1-3-8(7-9)15-11(12-13-14-15)10-5-2-6-19-10;/h1-7H,(H,16,17,18);/q;+1/p-1. The van der Waals surface area contributed by atoms with Gasteiger partial charge in [-0.1, -0.05) is 12.1 Å². The van der Waals surface area contributed by atoms with E-state index in [2.05, 4.69) is 15.5 Å². The van der Waals surface area contributed by atoms with Crippen LogP contribution in [0, 0.1) is 0 Å². The van der Waals surface area contributed by atoms with Gasteiger partial charge in [0.25, 0.3) is 0 Å². The second kappa shape index (κ2) is 6.34. The Morgan fingerprint density at radius 3 is 2.67 bits per heavy atom. The predicted molar refractivity (Wildman–Crippen MR) is 70.4 cm³/mol. The molecule has 0 saturated heterocycles. The van der Waals surface area contributed by atoms with Gasteiger partial charge in [0.05, 0.1) is 15.5 Å². The van der Waals surface area contributed by atoms with Crippen molar-refractivity contribution in [1.82, 2.24) is 20.2 Å². The maximum atomic E-state index is 11.1. The molecule has 2 aromatic heterocycles. The normalized spacial score (nSPS) is 11.1. The van der Waals surface area contributed by atoms with Crippen molar-refractivity contribution in [3.05, 3.63) is 41.8 Å². The quantitative estimate of drug-likeness (QED) is 0.419. The Morgan fingerprint density at radius 2 is 2.00 bits per heavy atom. The van der Waals surface area contributed by atoms with Crippen molar-refractivity contribution in [3.8, 4) is 16.4 Å². The van der Waals surface area contributed by atoms with Crippen molar-refractivity contribution < 1.29 is 42.5 Å². The second-order valence-electron chi connectivity index (χ2n) is 3.84. The van der Waals surface area contributed by atoms with E-state index < -0.39 is 10.1 Å². The van der Waals surface area contributed by atoms with Gasteiger partial charge < -0.3 is 4.55 Å². The molecule has 0 bridgehead atoms. The van der Waals surface area contributed by atoms with Crippen LogP contribution in [0.4, 0.5) is 0 Å². The van der Waals surface area contributed by atoms with Crippen LogP contribution in [-0.2, 0) is 10.1 Å². The average Bonchev–Trinajstić information content (AvgIpc) is 3.08. The minimum Gasteiger partial charge on any atom is -0.744 e. The van der Waals surface area contributed by atoms with E-state index >= 15 is 0 Å². The molecule has 0 N–H and O–H groups in total. The van der Waals surface area contributed by atoms with Crippen molar-refractivity contribution in [2.24, 2.45) is 0 Å². The van der Waals surface area contributed by atoms with Gasteiger partial charge in [0.15, 0.2) is 5.82 Å². The Hall–Kier alpha value is -1.10. The Bertz CT molecular complexity index is 846. The number of thiophene rings is 1. The van der Waals surface area contributed by atoms with Crippen LogP contribution in [0.5, 0.6) is 0 Å². The van der Waals surface area contributed by atoms with E-state index in [0.717, 1.165) is 4.88 Å². The van der Waals surface area contributed by atoms with Crippen molar-refractivity contribution in [2.75, 3.05) is 0 Å². The SMILES string of the molecule is O=S(=O)([O-])c1cccc(-n2nnnc2-c2cccs2)c1.[Na+]. The van der Waals surface area contributed by atoms with E-state index in [1.54, 1.807) is 6.07 Å². The molecule has 0 fully saturated rings. The topological polar surface area (TPSA) is 101 Å². The largest absolute Gasteiger partial charge is 1.00 e. The zero-order chi connectivity index (χ0) is 14.2. The van der Waals surface area contributed by atoms with E-state index in [1.165, 1.54) is 34.2 Å². The molecular formula is C11H7N4NaO3S2. The minimum atomic E-state index is -4.51. The molecule has 10 heteroatoms. The van der Waals surface area contributed by atoms with E-state index in [1.807, 2.05) is 17.5 Å². The van der Waals surface area contributed by atoms with Crippen LogP contribution in [0.3, 0.4) is 0 Å². The van der Waals surface area contributed by atoms with Gasteiger partial charge in [-0.15, -0.1) is 16.4 Å². The third-order valence-electron chi connectivity index (χ3n) is 2.56. The molecule has 0 saturated carbocycles. The fourth-order valence-electron chi connectivity index (χ4n) is 1.69. The molecule has 21 heavy (non-hydrogen) atoms. The molecule has 0 aliphatic heterocycles. The zero-order valence-corrected chi connectivity index (χ0v) is 14.5. The molecular weight excluding hydrogens is 323 g/mol. The van der Waals surface area contributed by atoms with Gasteiger partial charge in [0.1, 0.15) is 10.1 Å². The number of hydrogen-bond donors (Lipinski definition) is 0. The number of nitrogens with zero attached hydrogens (tertiary/aromatic N) is 4. The Labute approximate surface area is 146 Å². The van der Waals surface area contributed by atoms with E-state index in [9.17, 15) is 13.0 Å². The van der Waals surface area contributed by atoms with Gasteiger partial charge >= 0.3 is 29.6 Å². The first-order chi connectivity index (χ1) is 9.55. The van der Waals surface area contributed by atoms with Gasteiger partial charge in [0.2, 0.25) is 0 Å². The molecule has 102 valence electrons. The van der Waals surface area contributed by atoms with Gasteiger partial charge in [-0.2, -0.15) is 4.68 Å². The summed E-state index contributed by atoms with van der Waals surface area (Å²) in [6.07, 6.45) is 0. The van der Waals surface area contributed by atoms with Crippen molar-refractivity contribution in [2.45, 2.75) is 4.90 Å². The minimum absolute atomic E-state index is 0. The molecule has 0 radical (unpaired) electrons. The van der Waals surface area contributed by atoms with E-state index in [-0.39, 0.29) is 34.5 Å². The molecule has 3 rings (SSSR count). The first kappa shape index (κ1) is 16.3. The molecule has 2 heterocycles. The van der Waals surface area contributed by atoms with Crippen LogP contribution in [0.2, 0.25) is 0 Å². The number of rotatable bonds is 3. The molecule has 0 aliphatic carbocycles. The summed E-state index contributed by atoms with van der Waals surface area (Å²) >= 11 is 1.46. The van der Waals surface area contributed by atoms with Crippen LogP contribution in [0.1, 0.15) is 0 Å². The summed E-state index contributed by atoms with van der Waals surface area (Å²) in [5.74, 6) is 0.487. The van der Waals surface area contributed by atoms with Gasteiger partial charge in [-0.05, 0) is 40.1 Å². The van der Waals surface area contributed by atoms with Gasteiger partial charge in [-0.25, -0.2) is 8.42 Å². The summed E-state index contributed by atoms with van der Waals surface area (Å²) in [6, 6.07) is 9.29. The Morgan fingerprint density at radius 1 is 1.19 bits per heavy atom. The summed E-state index contributed by atoms with van der Waals surface area (Å²) in [5.41, 5.74) is 0.412. The van der Waals surface area contributed by atoms with E-state index in [4.69, 9.17) is 0 Å². The van der Waals surface area contributed by atoms with Crippen molar-refractivity contribution >= 4 is 21.5 Å². The monoisotopic (exact) mass is 330 g/mol. The zero-order valence-electron chi connectivity index (χ0n) is 10.9. The third-order valence-corrected chi connectivity index (χ3v) is 4.26. The van der Waals surface area contributed by atoms with Crippen LogP contribution in [0.25, 0.3) is 16.4 Å². The van der Waals surface area contributed by atoms with Gasteiger partial charge in [-0.3, -0.25) is 0 Å². The summed E-state index contributed by atoms with van der Waals surface area (Å²) in [7, 11) is -4.51. The molecule has 1 aromatic carbocycles. The number of aromatic nitrogens is 4. The van der Waals surface area contributed by atoms with Crippen LogP contribution < -0.4 is 29.6 Å². The summed E-state index contributed by atoms with van der Waals surface area (Å²) in [6.45, 7) is 0. The first-order valence-electron chi connectivity index (χ1n) is 5.44. The number of hydrogen-bond acceptors (Lipinski definition) is 7. The molecule has 0 spiro atoms. The summed E-state index contributed by atoms with van der Waals surface area (Å²) in [5, 5.41) is 13.2. The predicted octanol–water partition coefficient (Wildman–Crippen LogP) is -1.70. The number of benzene rings is 1. The molecule has 0 atom stereocenters. The summed E-state index contributed by atoms with van der Waals surface area (Å²) < 4.78 is 34.6. The fourth-order valence-corrected chi connectivity index (χ4v) is 2.90. The maximum Gasteiger partial charge on any atom is 1.00 e. The smallest absolute Gasteiger partial charge is 0.744 e. The van der Waals surface area contributed by atoms with Gasteiger partial charge in [0, 0.05) is 0 Å².